The highest BCUT2D eigenvalue weighted by molar-refractivity contribution is 14.1. The van der Waals surface area contributed by atoms with Gasteiger partial charge in [0.2, 0.25) is 5.82 Å². The number of benzene rings is 1. The molecule has 1 aliphatic rings. The Balaban J connectivity index is 2.30. The third kappa shape index (κ3) is 1.89. The summed E-state index contributed by atoms with van der Waals surface area (Å²) in [5.41, 5.74) is 1.95. The van der Waals surface area contributed by atoms with E-state index < -0.39 is 5.97 Å². The molecule has 0 saturated carbocycles. The average molecular weight is 383 g/mol. The molecule has 0 bridgehead atoms. The molecule has 0 fully saturated rings. The van der Waals surface area contributed by atoms with E-state index in [-0.39, 0.29) is 11.7 Å². The van der Waals surface area contributed by atoms with Crippen molar-refractivity contribution in [3.05, 3.63) is 47.5 Å². The van der Waals surface area contributed by atoms with Gasteiger partial charge in [-0.1, -0.05) is 12.1 Å². The SMILES string of the molecule is CN1Cc2cnc(C(=O)OI)n2-c2ccccc2C1=O. The molecule has 0 saturated heterocycles. The molecule has 0 N–H and O–H groups in total. The van der Waals surface area contributed by atoms with Gasteiger partial charge in [0, 0.05) is 7.05 Å². The second kappa shape index (κ2) is 4.89. The maximum atomic E-state index is 12.3. The largest absolute Gasteiger partial charge is 0.389 e. The Morgan fingerprint density at radius 1 is 1.40 bits per heavy atom. The lowest BCUT2D eigenvalue weighted by atomic mass is 10.1. The molecule has 1 aromatic carbocycles. The maximum absolute atomic E-state index is 12.3. The summed E-state index contributed by atoms with van der Waals surface area (Å²) in [7, 11) is 1.72. The number of rotatable bonds is 1. The molecular weight excluding hydrogens is 373 g/mol. The van der Waals surface area contributed by atoms with Crippen molar-refractivity contribution < 1.29 is 12.7 Å². The van der Waals surface area contributed by atoms with Gasteiger partial charge in [-0.05, 0) is 12.1 Å². The first-order valence-electron chi connectivity index (χ1n) is 5.88. The summed E-state index contributed by atoms with van der Waals surface area (Å²) in [6.07, 6.45) is 1.59. The smallest absolute Gasteiger partial charge is 0.384 e. The molecular formula is C13H10IN3O3. The number of hydrogen-bond donors (Lipinski definition) is 0. The zero-order chi connectivity index (χ0) is 14.3. The van der Waals surface area contributed by atoms with E-state index in [0.29, 0.717) is 17.8 Å². The topological polar surface area (TPSA) is 64.4 Å². The first-order valence-corrected chi connectivity index (χ1v) is 6.76. The number of amides is 1. The first kappa shape index (κ1) is 13.1. The fourth-order valence-corrected chi connectivity index (χ4v) is 2.51. The number of carbonyl (C=O) groups excluding carboxylic acids is 2. The van der Waals surface area contributed by atoms with Gasteiger partial charge in [-0.3, -0.25) is 9.36 Å². The lowest BCUT2D eigenvalue weighted by Gasteiger charge is -2.13. The van der Waals surface area contributed by atoms with Crippen LogP contribution in [0.3, 0.4) is 0 Å². The quantitative estimate of drug-likeness (QED) is 0.707. The lowest BCUT2D eigenvalue weighted by Crippen LogP contribution is -2.24. The van der Waals surface area contributed by atoms with Crippen LogP contribution in [0.1, 0.15) is 26.7 Å². The van der Waals surface area contributed by atoms with Gasteiger partial charge < -0.3 is 7.97 Å². The predicted molar refractivity (Wildman–Crippen MR) is 78.8 cm³/mol. The highest BCUT2D eigenvalue weighted by atomic mass is 127. The molecule has 20 heavy (non-hydrogen) atoms. The number of para-hydroxylation sites is 1. The van der Waals surface area contributed by atoms with Crippen molar-refractivity contribution in [2.45, 2.75) is 6.54 Å². The fourth-order valence-electron chi connectivity index (χ4n) is 2.32. The highest BCUT2D eigenvalue weighted by Gasteiger charge is 2.28. The minimum absolute atomic E-state index is 0.0851. The molecule has 7 heteroatoms. The van der Waals surface area contributed by atoms with Gasteiger partial charge in [0.1, 0.15) is 0 Å². The van der Waals surface area contributed by atoms with E-state index in [2.05, 4.69) is 4.98 Å². The van der Waals surface area contributed by atoms with Crippen molar-refractivity contribution >= 4 is 34.9 Å². The average Bonchev–Trinajstić information content (AvgIpc) is 2.84. The molecule has 0 spiro atoms. The van der Waals surface area contributed by atoms with Gasteiger partial charge in [0.05, 0.1) is 29.7 Å². The highest BCUT2D eigenvalue weighted by Crippen LogP contribution is 2.25. The summed E-state index contributed by atoms with van der Waals surface area (Å²) in [6, 6.07) is 7.15. The van der Waals surface area contributed by atoms with E-state index in [4.69, 9.17) is 3.07 Å². The Morgan fingerprint density at radius 3 is 2.90 bits per heavy atom. The summed E-state index contributed by atoms with van der Waals surface area (Å²) in [5.74, 6) is -0.452. The van der Waals surface area contributed by atoms with Crippen LogP contribution in [0.4, 0.5) is 0 Å². The molecule has 0 aliphatic carbocycles. The Kier molecular flexibility index (Phi) is 3.20. The van der Waals surface area contributed by atoms with Crippen LogP contribution in [0.15, 0.2) is 30.5 Å². The standard InChI is InChI=1S/C13H10IN3O3/c1-16-7-8-6-15-11(13(19)20-14)17(8)10-5-3-2-4-9(10)12(16)18/h2-6H,7H2,1H3. The second-order valence-corrected chi connectivity index (χ2v) is 4.89. The summed E-state index contributed by atoms with van der Waals surface area (Å²) >= 11 is 1.53. The van der Waals surface area contributed by atoms with Crippen molar-refractivity contribution in [1.82, 2.24) is 14.5 Å². The molecule has 102 valence electrons. The Morgan fingerprint density at radius 2 is 2.15 bits per heavy atom. The lowest BCUT2D eigenvalue weighted by molar-refractivity contribution is 0.0780. The molecule has 1 aliphatic heterocycles. The third-order valence-corrected chi connectivity index (χ3v) is 3.61. The third-order valence-electron chi connectivity index (χ3n) is 3.21. The van der Waals surface area contributed by atoms with Crippen LogP contribution in [0, 0.1) is 0 Å². The van der Waals surface area contributed by atoms with Gasteiger partial charge in [-0.2, -0.15) is 0 Å². The van der Waals surface area contributed by atoms with Crippen molar-refractivity contribution in [3.63, 3.8) is 0 Å². The monoisotopic (exact) mass is 383 g/mol. The van der Waals surface area contributed by atoms with E-state index in [1.165, 1.54) is 23.0 Å². The number of carbonyl (C=O) groups is 2. The van der Waals surface area contributed by atoms with Gasteiger partial charge in [0.15, 0.2) is 23.0 Å². The van der Waals surface area contributed by atoms with Crippen LogP contribution in [0.2, 0.25) is 0 Å². The predicted octanol–water partition coefficient (Wildman–Crippen LogP) is 1.96. The van der Waals surface area contributed by atoms with Crippen LogP contribution < -0.4 is 0 Å². The van der Waals surface area contributed by atoms with Crippen LogP contribution in [-0.4, -0.2) is 33.4 Å². The molecule has 0 radical (unpaired) electrons. The molecule has 2 heterocycles. The van der Waals surface area contributed by atoms with Crippen molar-refractivity contribution in [1.29, 1.82) is 0 Å². The Hall–Kier alpha value is -1.90. The molecule has 1 amide bonds. The zero-order valence-electron chi connectivity index (χ0n) is 10.5. The van der Waals surface area contributed by atoms with Crippen molar-refractivity contribution in [2.75, 3.05) is 7.05 Å². The summed E-state index contributed by atoms with van der Waals surface area (Å²) in [5, 5.41) is 0. The van der Waals surface area contributed by atoms with E-state index in [1.54, 1.807) is 40.9 Å². The number of fused-ring (bicyclic) bond motifs is 3. The van der Waals surface area contributed by atoms with Gasteiger partial charge in [-0.25, -0.2) is 9.78 Å². The van der Waals surface area contributed by atoms with Crippen LogP contribution in [0.5, 0.6) is 0 Å². The molecule has 0 atom stereocenters. The minimum Gasteiger partial charge on any atom is -0.389 e. The number of nitrogens with zero attached hydrogens (tertiary/aromatic N) is 3. The fraction of sp³-hybridized carbons (Fsp3) is 0.154. The zero-order valence-corrected chi connectivity index (χ0v) is 12.7. The number of imidazole rings is 1. The summed E-state index contributed by atoms with van der Waals surface area (Å²) < 4.78 is 6.40. The second-order valence-electron chi connectivity index (χ2n) is 4.45. The van der Waals surface area contributed by atoms with Crippen LogP contribution in [-0.2, 0) is 9.61 Å². The molecule has 0 unspecified atom stereocenters. The van der Waals surface area contributed by atoms with Gasteiger partial charge >= 0.3 is 5.97 Å². The molecule has 3 rings (SSSR count). The Labute approximate surface area is 129 Å². The van der Waals surface area contributed by atoms with Crippen molar-refractivity contribution in [3.8, 4) is 5.69 Å². The van der Waals surface area contributed by atoms with Crippen LogP contribution in [0.25, 0.3) is 5.69 Å². The van der Waals surface area contributed by atoms with Crippen LogP contribution >= 0.6 is 23.0 Å². The molecule has 1 aromatic heterocycles. The van der Waals surface area contributed by atoms with Gasteiger partial charge in [-0.15, -0.1) is 0 Å². The Bertz CT molecular complexity index is 711. The molecule has 2 aromatic rings. The normalized spacial score (nSPS) is 13.5. The number of hydrogen-bond acceptors (Lipinski definition) is 4. The summed E-state index contributed by atoms with van der Waals surface area (Å²) in [4.78, 5) is 29.9. The maximum Gasteiger partial charge on any atom is 0.384 e. The van der Waals surface area contributed by atoms with E-state index in [0.717, 1.165) is 5.69 Å². The van der Waals surface area contributed by atoms with E-state index >= 15 is 0 Å². The van der Waals surface area contributed by atoms with Crippen molar-refractivity contribution in [2.24, 2.45) is 0 Å². The number of aromatic nitrogens is 2. The van der Waals surface area contributed by atoms with Gasteiger partial charge in [0.25, 0.3) is 5.91 Å². The molecule has 6 nitrogen and oxygen atoms in total. The van der Waals surface area contributed by atoms with E-state index in [1.807, 2.05) is 6.07 Å². The minimum atomic E-state index is -0.538. The summed E-state index contributed by atoms with van der Waals surface area (Å²) in [6.45, 7) is 0.384. The van der Waals surface area contributed by atoms with E-state index in [9.17, 15) is 9.59 Å². The number of halogens is 1. The first-order chi connectivity index (χ1) is 9.63.